The van der Waals surface area contributed by atoms with E-state index >= 15 is 0 Å². The van der Waals surface area contributed by atoms with Crippen LogP contribution < -0.4 is 0 Å². The minimum absolute atomic E-state index is 0.0105. The molecule has 0 saturated carbocycles. The fourth-order valence-electron chi connectivity index (χ4n) is 5.32. The molecule has 3 N–H and O–H groups in total. The van der Waals surface area contributed by atoms with Crippen molar-refractivity contribution in [2.24, 2.45) is 0 Å². The van der Waals surface area contributed by atoms with Crippen LogP contribution in [0.1, 0.15) is 174 Å². The molecule has 49 heavy (non-hydrogen) atoms. The molecule has 286 valence electrons. The van der Waals surface area contributed by atoms with Crippen LogP contribution in [0.3, 0.4) is 0 Å². The van der Waals surface area contributed by atoms with Crippen molar-refractivity contribution < 1.29 is 43.0 Å². The third kappa shape index (κ3) is 37.3. The molecule has 2 atom stereocenters. The van der Waals surface area contributed by atoms with Gasteiger partial charge in [-0.1, -0.05) is 159 Å². The number of ether oxygens (including phenoxy) is 2. The smallest absolute Gasteiger partial charge is 0.462 e. The Labute approximate surface area is 298 Å². The van der Waals surface area contributed by atoms with Gasteiger partial charge in [0.2, 0.25) is 0 Å². The lowest BCUT2D eigenvalue weighted by Crippen LogP contribution is -2.29. The maximum atomic E-state index is 12.4. The number of phosphoric ester groups is 1. The van der Waals surface area contributed by atoms with Crippen molar-refractivity contribution in [3.8, 4) is 0 Å². The van der Waals surface area contributed by atoms with Gasteiger partial charge in [-0.25, -0.2) is 4.57 Å². The first-order valence-corrected chi connectivity index (χ1v) is 20.9. The lowest BCUT2D eigenvalue weighted by Gasteiger charge is -2.18. The van der Waals surface area contributed by atoms with E-state index in [-0.39, 0.29) is 19.4 Å². The third-order valence-electron chi connectivity index (χ3n) is 8.27. The second-order valence-corrected chi connectivity index (χ2v) is 14.3. The Hall–Kier alpha value is -1.77. The number of rotatable bonds is 35. The number of hydrogen-bond donors (Lipinski definition) is 3. The van der Waals surface area contributed by atoms with Crippen molar-refractivity contribution in [1.29, 1.82) is 0 Å². The molecule has 0 aromatic carbocycles. The standard InChI is InChI=1S/C39H71O9P/c1-3-5-7-9-11-13-15-17-19-21-23-25-27-30-36(40)31-29-33-39(42)48-37(35-47-49(43,44)45)34-46-38(41)32-28-26-24-22-20-18-16-14-12-10-8-6-4-2/h17,19,23,25,27,30,36-37,40H,3-16,18,20-22,24,26,28-29,31-35H2,1-2H3,(H2,43,44,45)/b19-17+,25-23+,30-27+/t36?,37-/m1/s1. The molecule has 0 rings (SSSR count). The maximum absolute atomic E-state index is 12.4. The highest BCUT2D eigenvalue weighted by Crippen LogP contribution is 2.36. The van der Waals surface area contributed by atoms with Crippen LogP contribution in [0.2, 0.25) is 0 Å². The average molecular weight is 715 g/mol. The summed E-state index contributed by atoms with van der Waals surface area (Å²) in [6, 6.07) is 0. The van der Waals surface area contributed by atoms with Crippen LogP contribution in [0.5, 0.6) is 0 Å². The van der Waals surface area contributed by atoms with Gasteiger partial charge in [0, 0.05) is 12.8 Å². The minimum atomic E-state index is -4.80. The summed E-state index contributed by atoms with van der Waals surface area (Å²) >= 11 is 0. The first-order chi connectivity index (χ1) is 23.7. The molecule has 1 unspecified atom stereocenters. The summed E-state index contributed by atoms with van der Waals surface area (Å²) in [5.41, 5.74) is 0. The van der Waals surface area contributed by atoms with Gasteiger partial charge >= 0.3 is 19.8 Å². The SMILES string of the molecule is CCCCCCCC/C=C/C/C=C/C=C/C(O)CCCC(=O)O[C@H](COC(=O)CCCCCCCCCCCCCCC)COP(=O)(O)O. The molecule has 0 saturated heterocycles. The molecule has 0 radical (unpaired) electrons. The van der Waals surface area contributed by atoms with E-state index in [9.17, 15) is 19.3 Å². The van der Waals surface area contributed by atoms with Gasteiger partial charge in [-0.3, -0.25) is 14.1 Å². The van der Waals surface area contributed by atoms with Crippen LogP contribution >= 0.6 is 7.82 Å². The molecule has 0 bridgehead atoms. The zero-order valence-corrected chi connectivity index (χ0v) is 31.8. The largest absolute Gasteiger partial charge is 0.469 e. The van der Waals surface area contributed by atoms with Crippen LogP contribution in [0.15, 0.2) is 36.5 Å². The van der Waals surface area contributed by atoms with E-state index < -0.39 is 38.6 Å². The molecule has 0 aromatic rings. The highest BCUT2D eigenvalue weighted by molar-refractivity contribution is 7.46. The molecular weight excluding hydrogens is 643 g/mol. The molecule has 0 fully saturated rings. The molecule has 10 heteroatoms. The molecule has 0 aliphatic heterocycles. The molecule has 0 aliphatic carbocycles. The zero-order chi connectivity index (χ0) is 36.3. The molecule has 9 nitrogen and oxygen atoms in total. The molecule has 0 aromatic heterocycles. The summed E-state index contributed by atoms with van der Waals surface area (Å²) in [5.74, 6) is -1.08. The summed E-state index contributed by atoms with van der Waals surface area (Å²) in [4.78, 5) is 42.7. The quantitative estimate of drug-likeness (QED) is 0.0192. The van der Waals surface area contributed by atoms with Gasteiger partial charge < -0.3 is 24.4 Å². The van der Waals surface area contributed by atoms with E-state index in [1.807, 2.05) is 12.2 Å². The van der Waals surface area contributed by atoms with Crippen molar-refractivity contribution in [2.75, 3.05) is 13.2 Å². The van der Waals surface area contributed by atoms with Gasteiger partial charge in [0.1, 0.15) is 6.61 Å². The van der Waals surface area contributed by atoms with Gasteiger partial charge in [0.05, 0.1) is 12.7 Å². The zero-order valence-electron chi connectivity index (χ0n) is 30.9. The lowest BCUT2D eigenvalue weighted by molar-refractivity contribution is -0.161. The number of esters is 2. The summed E-state index contributed by atoms with van der Waals surface area (Å²) in [6.07, 6.45) is 36.1. The monoisotopic (exact) mass is 714 g/mol. The fourth-order valence-corrected chi connectivity index (χ4v) is 5.68. The highest BCUT2D eigenvalue weighted by atomic mass is 31.2. The number of hydrogen-bond acceptors (Lipinski definition) is 7. The predicted octanol–water partition coefficient (Wildman–Crippen LogP) is 10.4. The number of carbonyl (C=O) groups excluding carboxylic acids is 2. The highest BCUT2D eigenvalue weighted by Gasteiger charge is 2.23. The molecule has 0 heterocycles. The topological polar surface area (TPSA) is 140 Å². The summed E-state index contributed by atoms with van der Waals surface area (Å²) in [5, 5.41) is 10.2. The van der Waals surface area contributed by atoms with Gasteiger partial charge in [-0.2, -0.15) is 0 Å². The van der Waals surface area contributed by atoms with Crippen molar-refractivity contribution >= 4 is 19.8 Å². The van der Waals surface area contributed by atoms with Crippen LogP contribution in [-0.4, -0.2) is 52.3 Å². The lowest BCUT2D eigenvalue weighted by atomic mass is 10.0. The van der Waals surface area contributed by atoms with Gasteiger partial charge in [-0.15, -0.1) is 0 Å². The Bertz CT molecular complexity index is 912. The van der Waals surface area contributed by atoms with Crippen LogP contribution in [0.25, 0.3) is 0 Å². The van der Waals surface area contributed by atoms with Crippen LogP contribution in [0, 0.1) is 0 Å². The molecule has 0 aliphatic rings. The van der Waals surface area contributed by atoms with Gasteiger partial charge in [0.15, 0.2) is 6.10 Å². The maximum Gasteiger partial charge on any atom is 0.469 e. The molecule has 0 spiro atoms. The first-order valence-electron chi connectivity index (χ1n) is 19.4. The number of aliphatic hydroxyl groups is 1. The number of aliphatic hydroxyl groups excluding tert-OH is 1. The van der Waals surface area contributed by atoms with E-state index in [4.69, 9.17) is 19.3 Å². The van der Waals surface area contributed by atoms with E-state index in [1.165, 1.54) is 96.3 Å². The Morgan fingerprint density at radius 1 is 0.633 bits per heavy atom. The van der Waals surface area contributed by atoms with E-state index in [2.05, 4.69) is 30.5 Å². The molecular formula is C39H71O9P. The number of unbranched alkanes of at least 4 members (excludes halogenated alkanes) is 18. The van der Waals surface area contributed by atoms with E-state index in [1.54, 1.807) is 12.2 Å². The summed E-state index contributed by atoms with van der Waals surface area (Å²) in [6.45, 7) is 3.51. The second kappa shape index (κ2) is 34.7. The van der Waals surface area contributed by atoms with Crippen molar-refractivity contribution in [2.45, 2.75) is 187 Å². The Balaban J connectivity index is 4.16. The number of allylic oxidation sites excluding steroid dienone is 5. The first kappa shape index (κ1) is 47.2. The summed E-state index contributed by atoms with van der Waals surface area (Å²) < 4.78 is 26.2. The van der Waals surface area contributed by atoms with Crippen LogP contribution in [0.4, 0.5) is 0 Å². The normalized spacial score (nSPS) is 13.5. The molecule has 0 amide bonds. The average Bonchev–Trinajstić information content (AvgIpc) is 3.06. The van der Waals surface area contributed by atoms with E-state index in [0.717, 1.165) is 32.1 Å². The van der Waals surface area contributed by atoms with Crippen molar-refractivity contribution in [3.05, 3.63) is 36.5 Å². The van der Waals surface area contributed by atoms with Crippen LogP contribution in [-0.2, 0) is 28.2 Å². The minimum Gasteiger partial charge on any atom is -0.462 e. The van der Waals surface area contributed by atoms with Gasteiger partial charge in [0.25, 0.3) is 0 Å². The number of phosphoric acid groups is 1. The Morgan fingerprint density at radius 3 is 1.73 bits per heavy atom. The third-order valence-corrected chi connectivity index (χ3v) is 8.75. The second-order valence-electron chi connectivity index (χ2n) is 13.1. The Morgan fingerprint density at radius 2 is 1.16 bits per heavy atom. The van der Waals surface area contributed by atoms with E-state index in [0.29, 0.717) is 19.3 Å². The predicted molar refractivity (Wildman–Crippen MR) is 199 cm³/mol. The van der Waals surface area contributed by atoms with Gasteiger partial charge in [-0.05, 0) is 38.5 Å². The fraction of sp³-hybridized carbons (Fsp3) is 0.795. The summed E-state index contributed by atoms with van der Waals surface area (Å²) in [7, 11) is -4.80. The van der Waals surface area contributed by atoms with Crippen molar-refractivity contribution in [1.82, 2.24) is 0 Å². The Kier molecular flexibility index (Phi) is 33.4. The van der Waals surface area contributed by atoms with Crippen molar-refractivity contribution in [3.63, 3.8) is 0 Å². The number of carbonyl (C=O) groups is 2.